The predicted octanol–water partition coefficient (Wildman–Crippen LogP) is 3.11. The lowest BCUT2D eigenvalue weighted by molar-refractivity contribution is -0.158. The number of ether oxygens (including phenoxy) is 2. The van der Waals surface area contributed by atoms with Crippen LogP contribution in [0.4, 0.5) is 10.5 Å². The van der Waals surface area contributed by atoms with E-state index in [9.17, 15) is 14.7 Å². The normalized spacial score (nSPS) is 19.6. The molecule has 1 aromatic carbocycles. The molecule has 0 aliphatic carbocycles. The molecule has 1 aromatic rings. The molecule has 6 nitrogen and oxygen atoms in total. The molecule has 0 bridgehead atoms. The quantitative estimate of drug-likeness (QED) is 0.610. The van der Waals surface area contributed by atoms with Gasteiger partial charge in [0.2, 0.25) is 5.60 Å². The number of methoxy groups -OCH3 is 2. The third-order valence-electron chi connectivity index (χ3n) is 3.11. The van der Waals surface area contributed by atoms with E-state index in [1.165, 1.54) is 13.2 Å². The number of benzene rings is 1. The third kappa shape index (κ3) is 2.42. The molecule has 1 amide bonds. The van der Waals surface area contributed by atoms with Gasteiger partial charge in [-0.2, -0.15) is 0 Å². The zero-order chi connectivity index (χ0) is 16.7. The maximum atomic E-state index is 12.0. The van der Waals surface area contributed by atoms with Crippen molar-refractivity contribution in [2.75, 3.05) is 19.1 Å². The van der Waals surface area contributed by atoms with E-state index in [0.29, 0.717) is 0 Å². The smallest absolute Gasteiger partial charge is 0.418 e. The Kier molecular flexibility index (Phi) is 4.58. The minimum atomic E-state index is -2.21. The van der Waals surface area contributed by atoms with Crippen molar-refractivity contribution in [3.05, 3.63) is 39.0 Å². The zero-order valence-corrected chi connectivity index (χ0v) is 13.7. The summed E-state index contributed by atoms with van der Waals surface area (Å²) in [5.41, 5.74) is -2.27. The first-order valence-corrected chi connectivity index (χ1v) is 6.96. The van der Waals surface area contributed by atoms with Gasteiger partial charge in [0.1, 0.15) is 0 Å². The summed E-state index contributed by atoms with van der Waals surface area (Å²) in [7, 11) is 2.28. The molecule has 0 fully saturated rings. The molecule has 9 heteroatoms. The number of carbonyl (C=O) groups is 2. The van der Waals surface area contributed by atoms with Gasteiger partial charge in [0.05, 0.1) is 35.0 Å². The van der Waals surface area contributed by atoms with Gasteiger partial charge in [0.25, 0.3) is 0 Å². The van der Waals surface area contributed by atoms with E-state index in [0.717, 1.165) is 24.3 Å². The monoisotopic (exact) mass is 365 g/mol. The Labute approximate surface area is 140 Å². The summed E-state index contributed by atoms with van der Waals surface area (Å²) in [5, 5.41) is 10.4. The molecular weight excluding hydrogens is 357 g/mol. The molecule has 1 aliphatic heterocycles. The molecule has 2 rings (SSSR count). The number of hydrogen-bond acceptors (Lipinski definition) is 5. The summed E-state index contributed by atoms with van der Waals surface area (Å²) in [4.78, 5) is 24.8. The molecule has 1 aliphatic rings. The van der Waals surface area contributed by atoms with Crippen LogP contribution >= 0.6 is 34.8 Å². The summed E-state index contributed by atoms with van der Waals surface area (Å²) in [6, 6.07) is 1.29. The number of aliphatic hydroxyl groups is 1. The lowest BCUT2D eigenvalue weighted by atomic mass is 9.89. The fourth-order valence-corrected chi connectivity index (χ4v) is 2.80. The van der Waals surface area contributed by atoms with Crippen LogP contribution in [0.2, 0.25) is 15.1 Å². The van der Waals surface area contributed by atoms with E-state index >= 15 is 0 Å². The largest absolute Gasteiger partial charge is 0.466 e. The van der Waals surface area contributed by atoms with E-state index in [4.69, 9.17) is 34.8 Å². The highest BCUT2D eigenvalue weighted by atomic mass is 35.5. The summed E-state index contributed by atoms with van der Waals surface area (Å²) >= 11 is 18.0. The fourth-order valence-electron chi connectivity index (χ4n) is 2.06. The number of halogens is 3. The Bertz CT molecular complexity index is 691. The number of hydrogen-bond donors (Lipinski definition) is 1. The Morgan fingerprint density at radius 3 is 2.36 bits per heavy atom. The van der Waals surface area contributed by atoms with Crippen LogP contribution in [-0.4, -0.2) is 31.4 Å². The van der Waals surface area contributed by atoms with Gasteiger partial charge in [-0.25, -0.2) is 9.59 Å². The van der Waals surface area contributed by atoms with Crippen molar-refractivity contribution in [2.45, 2.75) is 5.60 Å². The standard InChI is InChI=1S/C13H10Cl3NO5/c1-21-11(18)13(20)3-4-17(12(19)22-2)7-5-6(14)9(15)10(16)8(7)13/h3-5,20H,1-2H3. The molecule has 0 saturated heterocycles. The molecule has 0 saturated carbocycles. The summed E-state index contributed by atoms with van der Waals surface area (Å²) < 4.78 is 9.22. The second-order valence-electron chi connectivity index (χ2n) is 4.29. The van der Waals surface area contributed by atoms with Crippen LogP contribution in [-0.2, 0) is 19.9 Å². The van der Waals surface area contributed by atoms with Crippen LogP contribution < -0.4 is 4.90 Å². The maximum Gasteiger partial charge on any atom is 0.418 e. The highest BCUT2D eigenvalue weighted by Gasteiger charge is 2.45. The summed E-state index contributed by atoms with van der Waals surface area (Å²) in [6.45, 7) is 0. The van der Waals surface area contributed by atoms with Gasteiger partial charge < -0.3 is 14.6 Å². The highest BCUT2D eigenvalue weighted by molar-refractivity contribution is 6.49. The minimum absolute atomic E-state index is 0.0434. The van der Waals surface area contributed by atoms with Gasteiger partial charge in [-0.15, -0.1) is 0 Å². The molecule has 1 N–H and O–H groups in total. The third-order valence-corrected chi connectivity index (χ3v) is 4.38. The van der Waals surface area contributed by atoms with Crippen molar-refractivity contribution in [3.63, 3.8) is 0 Å². The van der Waals surface area contributed by atoms with E-state index in [-0.39, 0.29) is 26.3 Å². The first-order valence-electron chi connectivity index (χ1n) is 5.83. The van der Waals surface area contributed by atoms with Crippen molar-refractivity contribution < 1.29 is 24.2 Å². The second-order valence-corrected chi connectivity index (χ2v) is 5.46. The zero-order valence-electron chi connectivity index (χ0n) is 11.4. The number of nitrogens with zero attached hydrogens (tertiary/aromatic N) is 1. The van der Waals surface area contributed by atoms with Gasteiger partial charge in [0.15, 0.2) is 0 Å². The van der Waals surface area contributed by atoms with Gasteiger partial charge in [-0.3, -0.25) is 4.90 Å². The number of rotatable bonds is 1. The van der Waals surface area contributed by atoms with E-state index in [1.807, 2.05) is 0 Å². The van der Waals surface area contributed by atoms with Crippen LogP contribution in [0.15, 0.2) is 18.3 Å². The van der Waals surface area contributed by atoms with Crippen LogP contribution in [0.1, 0.15) is 5.56 Å². The number of anilines is 1. The first-order chi connectivity index (χ1) is 10.3. The molecule has 22 heavy (non-hydrogen) atoms. The molecule has 1 heterocycles. The molecule has 1 unspecified atom stereocenters. The molecule has 118 valence electrons. The van der Waals surface area contributed by atoms with Crippen molar-refractivity contribution in [1.29, 1.82) is 0 Å². The molecular formula is C13H10Cl3NO5. The number of esters is 1. The molecule has 0 spiro atoms. The van der Waals surface area contributed by atoms with E-state index in [2.05, 4.69) is 9.47 Å². The average molecular weight is 367 g/mol. The average Bonchev–Trinajstić information content (AvgIpc) is 2.51. The van der Waals surface area contributed by atoms with Crippen molar-refractivity contribution in [2.24, 2.45) is 0 Å². The lowest BCUT2D eigenvalue weighted by Gasteiger charge is -2.33. The van der Waals surface area contributed by atoms with Crippen molar-refractivity contribution >= 4 is 52.6 Å². The Morgan fingerprint density at radius 1 is 1.18 bits per heavy atom. The Balaban J connectivity index is 2.80. The highest BCUT2D eigenvalue weighted by Crippen LogP contribution is 2.47. The van der Waals surface area contributed by atoms with Crippen molar-refractivity contribution in [1.82, 2.24) is 0 Å². The van der Waals surface area contributed by atoms with Crippen LogP contribution in [0, 0.1) is 0 Å². The maximum absolute atomic E-state index is 12.0. The SMILES string of the molecule is COC(=O)N1C=CC(O)(C(=O)OC)c2c1cc(Cl)c(Cl)c2Cl. The van der Waals surface area contributed by atoms with Crippen LogP contribution in [0.5, 0.6) is 0 Å². The van der Waals surface area contributed by atoms with Gasteiger partial charge >= 0.3 is 12.1 Å². The van der Waals surface area contributed by atoms with Crippen molar-refractivity contribution in [3.8, 4) is 0 Å². The first kappa shape index (κ1) is 16.9. The Hall–Kier alpha value is -1.47. The van der Waals surface area contributed by atoms with Crippen LogP contribution in [0.3, 0.4) is 0 Å². The Morgan fingerprint density at radius 2 is 1.82 bits per heavy atom. The summed E-state index contributed by atoms with van der Waals surface area (Å²) in [6.07, 6.45) is 1.44. The topological polar surface area (TPSA) is 76.1 Å². The van der Waals surface area contributed by atoms with Gasteiger partial charge in [-0.1, -0.05) is 34.8 Å². The van der Waals surface area contributed by atoms with Gasteiger partial charge in [0, 0.05) is 11.8 Å². The number of amides is 1. The van der Waals surface area contributed by atoms with Crippen LogP contribution in [0.25, 0.3) is 0 Å². The second kappa shape index (κ2) is 5.96. The fraction of sp³-hybridized carbons (Fsp3) is 0.231. The summed E-state index contributed by atoms with van der Waals surface area (Å²) in [5.74, 6) is -0.991. The minimum Gasteiger partial charge on any atom is -0.466 e. The van der Waals surface area contributed by atoms with E-state index < -0.39 is 17.7 Å². The van der Waals surface area contributed by atoms with Gasteiger partial charge in [-0.05, 0) is 12.1 Å². The molecule has 1 atom stereocenters. The predicted molar refractivity (Wildman–Crippen MR) is 81.4 cm³/mol. The lowest BCUT2D eigenvalue weighted by Crippen LogP contribution is -2.41. The molecule has 0 aromatic heterocycles. The van der Waals surface area contributed by atoms with E-state index in [1.54, 1.807) is 0 Å². The number of fused-ring (bicyclic) bond motifs is 1. The number of carbonyl (C=O) groups excluding carboxylic acids is 2. The molecule has 0 radical (unpaired) electrons.